The number of hydrogen-bond donors (Lipinski definition) is 2. The van der Waals surface area contributed by atoms with Gasteiger partial charge >= 0.3 is 6.18 Å². The molecule has 0 saturated heterocycles. The van der Waals surface area contributed by atoms with Crippen molar-refractivity contribution in [2.75, 3.05) is 26.8 Å². The lowest BCUT2D eigenvalue weighted by Crippen LogP contribution is -2.45. The van der Waals surface area contributed by atoms with Gasteiger partial charge in [0.05, 0.1) is 0 Å². The van der Waals surface area contributed by atoms with E-state index in [2.05, 4.69) is 27.3 Å². The first-order valence-corrected chi connectivity index (χ1v) is 7.52. The first kappa shape index (κ1) is 21.8. The summed E-state index contributed by atoms with van der Waals surface area (Å²) in [6.07, 6.45) is 0.981. The third-order valence-electron chi connectivity index (χ3n) is 3.60. The lowest BCUT2D eigenvalue weighted by atomic mass is 9.87. The van der Waals surface area contributed by atoms with Gasteiger partial charge in [-0.05, 0) is 38.0 Å². The fourth-order valence-corrected chi connectivity index (χ4v) is 2.36. The Morgan fingerprint density at radius 1 is 1.23 bits per heavy atom. The van der Waals surface area contributed by atoms with Crippen molar-refractivity contribution >= 4 is 29.9 Å². The van der Waals surface area contributed by atoms with Crippen LogP contribution in [0.15, 0.2) is 4.99 Å². The summed E-state index contributed by atoms with van der Waals surface area (Å²) in [6.45, 7) is 1.72. The zero-order valence-corrected chi connectivity index (χ0v) is 15.5. The van der Waals surface area contributed by atoms with Gasteiger partial charge in [0.25, 0.3) is 0 Å². The lowest BCUT2D eigenvalue weighted by Gasteiger charge is -2.28. The Kier molecular flexibility index (Phi) is 11.2. The Morgan fingerprint density at radius 2 is 1.86 bits per heavy atom. The predicted octanol–water partition coefficient (Wildman–Crippen LogP) is 3.32. The van der Waals surface area contributed by atoms with Gasteiger partial charge in [-0.1, -0.05) is 6.92 Å². The molecule has 1 aliphatic rings. The molecule has 132 valence electrons. The smallest absolute Gasteiger partial charge is 0.372 e. The average Bonchev–Trinajstić information content (AvgIpc) is 2.42. The second kappa shape index (κ2) is 11.3. The van der Waals surface area contributed by atoms with Crippen LogP contribution in [0.1, 0.15) is 39.0 Å². The van der Waals surface area contributed by atoms with Crippen molar-refractivity contribution in [3.05, 3.63) is 0 Å². The Balaban J connectivity index is 0.00000441. The fourth-order valence-electron chi connectivity index (χ4n) is 2.36. The Hall–Kier alpha value is -0.250. The van der Waals surface area contributed by atoms with Crippen molar-refractivity contribution in [1.82, 2.24) is 10.6 Å². The van der Waals surface area contributed by atoms with Crippen molar-refractivity contribution in [3.8, 4) is 0 Å². The van der Waals surface area contributed by atoms with Crippen molar-refractivity contribution in [3.63, 3.8) is 0 Å². The van der Waals surface area contributed by atoms with E-state index in [1.54, 1.807) is 7.05 Å². The Morgan fingerprint density at radius 3 is 2.41 bits per heavy atom. The molecule has 0 amide bonds. The van der Waals surface area contributed by atoms with E-state index in [0.717, 1.165) is 18.8 Å². The highest BCUT2D eigenvalue weighted by atomic mass is 127. The largest absolute Gasteiger partial charge is 0.411 e. The van der Waals surface area contributed by atoms with Crippen molar-refractivity contribution in [2.24, 2.45) is 10.9 Å². The van der Waals surface area contributed by atoms with E-state index in [-0.39, 0.29) is 30.6 Å². The molecule has 0 aromatic carbocycles. The molecule has 1 rings (SSSR count). The summed E-state index contributed by atoms with van der Waals surface area (Å²) in [5.74, 6) is 1.51. The van der Waals surface area contributed by atoms with Crippen LogP contribution in [0.5, 0.6) is 0 Å². The summed E-state index contributed by atoms with van der Waals surface area (Å²) in [7, 11) is 1.70. The van der Waals surface area contributed by atoms with E-state index in [0.29, 0.717) is 25.0 Å². The van der Waals surface area contributed by atoms with Gasteiger partial charge in [-0.25, -0.2) is 0 Å². The van der Waals surface area contributed by atoms with E-state index in [9.17, 15) is 13.2 Å². The minimum atomic E-state index is -4.25. The SMILES string of the molecule is CN=C(NCCCOCC(F)(F)F)NC1CCC(C)CC1.I. The first-order chi connectivity index (χ1) is 9.90. The summed E-state index contributed by atoms with van der Waals surface area (Å²) in [6, 6.07) is 0.439. The third-order valence-corrected chi connectivity index (χ3v) is 3.60. The van der Waals surface area contributed by atoms with E-state index in [4.69, 9.17) is 0 Å². The number of hydrogen-bond acceptors (Lipinski definition) is 2. The minimum absolute atomic E-state index is 0. The topological polar surface area (TPSA) is 45.7 Å². The summed E-state index contributed by atoms with van der Waals surface area (Å²) >= 11 is 0. The molecule has 0 bridgehead atoms. The summed E-state index contributed by atoms with van der Waals surface area (Å²) in [5.41, 5.74) is 0. The van der Waals surface area contributed by atoms with E-state index in [1.807, 2.05) is 0 Å². The highest BCUT2D eigenvalue weighted by Crippen LogP contribution is 2.23. The number of rotatable bonds is 6. The van der Waals surface area contributed by atoms with Crippen LogP contribution in [0.2, 0.25) is 0 Å². The molecule has 0 radical (unpaired) electrons. The number of ether oxygens (including phenoxy) is 1. The fraction of sp³-hybridized carbons (Fsp3) is 0.929. The van der Waals surface area contributed by atoms with Crippen molar-refractivity contribution in [2.45, 2.75) is 51.2 Å². The van der Waals surface area contributed by atoms with Gasteiger partial charge in [0.2, 0.25) is 0 Å². The summed E-state index contributed by atoms with van der Waals surface area (Å²) in [4.78, 5) is 4.13. The number of halogens is 4. The Bertz CT molecular complexity index is 319. The Labute approximate surface area is 147 Å². The van der Waals surface area contributed by atoms with Gasteiger partial charge in [0, 0.05) is 26.2 Å². The van der Waals surface area contributed by atoms with Gasteiger partial charge in [0.1, 0.15) is 6.61 Å². The molecule has 1 aliphatic carbocycles. The maximum absolute atomic E-state index is 11.9. The third kappa shape index (κ3) is 10.5. The standard InChI is InChI=1S/C14H26F3N3O.HI/c1-11-4-6-12(7-5-11)20-13(18-2)19-8-3-9-21-10-14(15,16)17;/h11-12H,3-10H2,1-2H3,(H2,18,19,20);1H. The van der Waals surface area contributed by atoms with Gasteiger partial charge in [0.15, 0.2) is 5.96 Å². The second-order valence-electron chi connectivity index (χ2n) is 5.62. The zero-order valence-electron chi connectivity index (χ0n) is 13.2. The number of aliphatic imine (C=N–C) groups is 1. The summed E-state index contributed by atoms with van der Waals surface area (Å²) in [5, 5.41) is 6.46. The van der Waals surface area contributed by atoms with Crippen LogP contribution in [0.25, 0.3) is 0 Å². The van der Waals surface area contributed by atoms with Crippen LogP contribution < -0.4 is 10.6 Å². The molecule has 0 heterocycles. The van der Waals surface area contributed by atoms with Crippen LogP contribution in [0, 0.1) is 5.92 Å². The molecular formula is C14H27F3IN3O. The van der Waals surface area contributed by atoms with Gasteiger partial charge in [-0.2, -0.15) is 13.2 Å². The molecule has 4 nitrogen and oxygen atoms in total. The molecule has 22 heavy (non-hydrogen) atoms. The van der Waals surface area contributed by atoms with E-state index in [1.165, 1.54) is 12.8 Å². The molecule has 1 saturated carbocycles. The number of nitrogens with zero attached hydrogens (tertiary/aromatic N) is 1. The first-order valence-electron chi connectivity index (χ1n) is 7.52. The monoisotopic (exact) mass is 437 g/mol. The van der Waals surface area contributed by atoms with Crippen LogP contribution in [0.3, 0.4) is 0 Å². The predicted molar refractivity (Wildman–Crippen MR) is 92.8 cm³/mol. The minimum Gasteiger partial charge on any atom is -0.372 e. The molecule has 8 heteroatoms. The highest BCUT2D eigenvalue weighted by Gasteiger charge is 2.27. The maximum Gasteiger partial charge on any atom is 0.411 e. The van der Waals surface area contributed by atoms with E-state index >= 15 is 0 Å². The quantitative estimate of drug-likeness (QED) is 0.290. The second-order valence-corrected chi connectivity index (χ2v) is 5.62. The molecule has 0 atom stereocenters. The maximum atomic E-state index is 11.9. The van der Waals surface area contributed by atoms with Gasteiger partial charge in [-0.3, -0.25) is 4.99 Å². The number of nitrogens with one attached hydrogen (secondary N) is 2. The molecule has 0 aromatic heterocycles. The number of alkyl halides is 3. The van der Waals surface area contributed by atoms with Crippen LogP contribution >= 0.6 is 24.0 Å². The van der Waals surface area contributed by atoms with Crippen LogP contribution in [0.4, 0.5) is 13.2 Å². The molecule has 0 aromatic rings. The zero-order chi connectivity index (χ0) is 15.7. The normalized spacial score (nSPS) is 22.9. The molecular weight excluding hydrogens is 410 g/mol. The molecule has 0 unspecified atom stereocenters. The average molecular weight is 437 g/mol. The molecule has 2 N–H and O–H groups in total. The summed E-state index contributed by atoms with van der Waals surface area (Å²) < 4.78 is 40.1. The molecule has 0 spiro atoms. The van der Waals surface area contributed by atoms with Crippen LogP contribution in [-0.2, 0) is 4.74 Å². The molecule has 0 aliphatic heterocycles. The van der Waals surface area contributed by atoms with Crippen molar-refractivity contribution in [1.29, 1.82) is 0 Å². The highest BCUT2D eigenvalue weighted by molar-refractivity contribution is 14.0. The molecule has 1 fully saturated rings. The van der Waals surface area contributed by atoms with Crippen molar-refractivity contribution < 1.29 is 17.9 Å². The lowest BCUT2D eigenvalue weighted by molar-refractivity contribution is -0.173. The van der Waals surface area contributed by atoms with Crippen LogP contribution in [-0.4, -0.2) is 45.0 Å². The van der Waals surface area contributed by atoms with Gasteiger partial charge < -0.3 is 15.4 Å². The number of guanidine groups is 1. The van der Waals surface area contributed by atoms with E-state index < -0.39 is 12.8 Å². The van der Waals surface area contributed by atoms with Gasteiger partial charge in [-0.15, -0.1) is 24.0 Å².